The SMILES string of the molecule is Cc1cc2c(cc1C)N(c1ccc(C(C)(C)C)s1)C(C1N(c3ccc(C(C)(C)C)s3)c3cc(C)c(C)cc3N1c1ccc(C(C)(C)C)s1)N2c1ccc(C(C)(C)C)s1. The van der Waals surface area contributed by atoms with Crippen molar-refractivity contribution in [3.05, 3.63) is 115 Å². The highest BCUT2D eigenvalue weighted by atomic mass is 32.1. The average molecular weight is 847 g/mol. The van der Waals surface area contributed by atoms with E-state index < -0.39 is 0 Å². The van der Waals surface area contributed by atoms with E-state index in [1.807, 2.05) is 45.3 Å². The lowest BCUT2D eigenvalue weighted by Gasteiger charge is -2.43. The quantitative estimate of drug-likeness (QED) is 0.171. The minimum Gasteiger partial charge on any atom is -0.306 e. The van der Waals surface area contributed by atoms with Crippen LogP contribution in [0, 0.1) is 27.7 Å². The molecule has 8 heteroatoms. The molecule has 0 saturated carbocycles. The molecule has 0 amide bonds. The zero-order valence-corrected chi connectivity index (χ0v) is 40.8. The van der Waals surface area contributed by atoms with Crippen molar-refractivity contribution < 1.29 is 0 Å². The Kier molecular flexibility index (Phi) is 9.94. The van der Waals surface area contributed by atoms with Crippen LogP contribution < -0.4 is 19.6 Å². The number of fused-ring (bicyclic) bond motifs is 2. The molecule has 306 valence electrons. The molecule has 0 radical (unpaired) electrons. The van der Waals surface area contributed by atoms with Gasteiger partial charge in [-0.1, -0.05) is 83.1 Å². The smallest absolute Gasteiger partial charge is 0.152 e. The summed E-state index contributed by atoms with van der Waals surface area (Å²) in [6.07, 6.45) is -0.273. The Morgan fingerprint density at radius 1 is 0.328 bits per heavy atom. The largest absolute Gasteiger partial charge is 0.306 e. The molecule has 8 rings (SSSR count). The summed E-state index contributed by atoms with van der Waals surface area (Å²) in [5.41, 5.74) is 10.5. The van der Waals surface area contributed by atoms with Crippen LogP contribution in [0.4, 0.5) is 42.8 Å². The average Bonchev–Trinajstić information content (AvgIpc) is 3.94. The molecule has 0 bridgehead atoms. The fourth-order valence-electron chi connectivity index (χ4n) is 8.11. The third-order valence-electron chi connectivity index (χ3n) is 11.8. The Hall–Kier alpha value is -3.56. The molecule has 6 aromatic rings. The van der Waals surface area contributed by atoms with E-state index in [-0.39, 0.29) is 34.0 Å². The molecule has 0 saturated heterocycles. The van der Waals surface area contributed by atoms with Crippen LogP contribution in [0.2, 0.25) is 0 Å². The second-order valence-corrected chi connectivity index (χ2v) is 25.0. The van der Waals surface area contributed by atoms with Gasteiger partial charge >= 0.3 is 0 Å². The maximum Gasteiger partial charge on any atom is 0.152 e. The molecule has 0 fully saturated rings. The van der Waals surface area contributed by atoms with Crippen molar-refractivity contribution in [2.45, 2.75) is 145 Å². The normalized spacial score (nSPS) is 15.7. The van der Waals surface area contributed by atoms with Crippen molar-refractivity contribution >= 4 is 88.1 Å². The van der Waals surface area contributed by atoms with Gasteiger partial charge in [0.1, 0.15) is 0 Å². The van der Waals surface area contributed by atoms with E-state index in [9.17, 15) is 0 Å². The standard InChI is InChI=1S/C50H62N4S4/c1-29-25-33-34(26-30(29)2)52(42-22-18-38(56-42)48(8,9)10)45(51(33)41-21-17-37(55-41)47(5,6)7)46-53(43-23-19-39(57-43)49(11,12)13)35-27-31(3)32(4)28-36(35)54(46)44-24-20-40(58-44)50(14,15)16/h17-28,45-46H,1-16H3. The van der Waals surface area contributed by atoms with Crippen LogP contribution in [-0.2, 0) is 21.7 Å². The first-order valence-corrected chi connectivity index (χ1v) is 24.0. The van der Waals surface area contributed by atoms with Gasteiger partial charge in [-0.2, -0.15) is 0 Å². The molecule has 0 spiro atoms. The zero-order chi connectivity index (χ0) is 42.0. The van der Waals surface area contributed by atoms with Crippen molar-refractivity contribution in [3.63, 3.8) is 0 Å². The van der Waals surface area contributed by atoms with E-state index in [1.165, 1.54) is 84.5 Å². The predicted octanol–water partition coefficient (Wildman–Crippen LogP) is 16.3. The lowest BCUT2D eigenvalue weighted by atomic mass is 9.95. The van der Waals surface area contributed by atoms with Gasteiger partial charge in [-0.25, -0.2) is 0 Å². The molecule has 0 atom stereocenters. The third kappa shape index (κ3) is 7.04. The minimum atomic E-state index is -0.137. The fraction of sp³-hybridized carbons (Fsp3) is 0.440. The minimum absolute atomic E-state index is 0.0383. The van der Waals surface area contributed by atoms with Gasteiger partial charge in [-0.05, 0) is 144 Å². The Balaban J connectivity index is 1.48. The fourth-order valence-corrected chi connectivity index (χ4v) is 12.5. The molecule has 2 aliphatic heterocycles. The number of hydrogen-bond donors (Lipinski definition) is 0. The second kappa shape index (κ2) is 14.0. The van der Waals surface area contributed by atoms with Gasteiger partial charge in [0.25, 0.3) is 0 Å². The van der Waals surface area contributed by atoms with E-state index in [4.69, 9.17) is 0 Å². The van der Waals surface area contributed by atoms with Crippen molar-refractivity contribution in [2.24, 2.45) is 0 Å². The number of rotatable bonds is 5. The first kappa shape index (κ1) is 41.2. The van der Waals surface area contributed by atoms with E-state index in [1.54, 1.807) is 0 Å². The second-order valence-electron chi connectivity index (χ2n) is 20.7. The number of aryl methyl sites for hydroxylation is 4. The van der Waals surface area contributed by atoms with Crippen LogP contribution in [0.1, 0.15) is 125 Å². The summed E-state index contributed by atoms with van der Waals surface area (Å²) in [6.45, 7) is 37.2. The number of hydrogen-bond acceptors (Lipinski definition) is 8. The topological polar surface area (TPSA) is 13.0 Å². The summed E-state index contributed by atoms with van der Waals surface area (Å²) >= 11 is 7.79. The highest BCUT2D eigenvalue weighted by Gasteiger charge is 2.53. The van der Waals surface area contributed by atoms with Crippen LogP contribution in [0.3, 0.4) is 0 Å². The lowest BCUT2D eigenvalue weighted by molar-refractivity contribution is 0.556. The van der Waals surface area contributed by atoms with Crippen molar-refractivity contribution in [3.8, 4) is 0 Å². The van der Waals surface area contributed by atoms with Gasteiger partial charge in [0.15, 0.2) is 12.3 Å². The van der Waals surface area contributed by atoms with E-state index in [0.29, 0.717) is 0 Å². The lowest BCUT2D eigenvalue weighted by Crippen LogP contribution is -2.57. The summed E-state index contributed by atoms with van der Waals surface area (Å²) in [6, 6.07) is 28.9. The summed E-state index contributed by atoms with van der Waals surface area (Å²) < 4.78 is 0. The highest BCUT2D eigenvalue weighted by Crippen LogP contribution is 2.60. The third-order valence-corrected chi connectivity index (χ3v) is 17.9. The predicted molar refractivity (Wildman–Crippen MR) is 260 cm³/mol. The van der Waals surface area contributed by atoms with Crippen molar-refractivity contribution in [1.29, 1.82) is 0 Å². The summed E-state index contributed by atoms with van der Waals surface area (Å²) in [7, 11) is 0. The number of nitrogens with zero attached hydrogens (tertiary/aromatic N) is 4. The van der Waals surface area contributed by atoms with Crippen molar-refractivity contribution in [1.82, 2.24) is 0 Å². The first-order chi connectivity index (χ1) is 26.9. The van der Waals surface area contributed by atoms with Gasteiger partial charge in [0.05, 0.1) is 42.8 Å². The molecular formula is C50H62N4S4. The maximum absolute atomic E-state index is 2.71. The Morgan fingerprint density at radius 3 is 0.672 bits per heavy atom. The van der Waals surface area contributed by atoms with Crippen LogP contribution >= 0.6 is 45.3 Å². The first-order valence-electron chi connectivity index (χ1n) is 20.7. The van der Waals surface area contributed by atoms with E-state index in [0.717, 1.165) is 0 Å². The molecule has 58 heavy (non-hydrogen) atoms. The van der Waals surface area contributed by atoms with E-state index in [2.05, 4.69) is 203 Å². The highest BCUT2D eigenvalue weighted by molar-refractivity contribution is 7.17. The molecular weight excluding hydrogens is 785 g/mol. The van der Waals surface area contributed by atoms with E-state index >= 15 is 0 Å². The zero-order valence-electron chi connectivity index (χ0n) is 37.5. The Labute approximate surface area is 364 Å². The molecule has 2 aromatic carbocycles. The number of anilines is 8. The summed E-state index contributed by atoms with van der Waals surface area (Å²) in [5.74, 6) is 0. The van der Waals surface area contributed by atoms with Crippen LogP contribution in [0.5, 0.6) is 0 Å². The molecule has 6 heterocycles. The Morgan fingerprint density at radius 2 is 0.517 bits per heavy atom. The van der Waals surface area contributed by atoms with Crippen LogP contribution in [-0.4, -0.2) is 12.3 Å². The van der Waals surface area contributed by atoms with Crippen LogP contribution in [0.15, 0.2) is 72.8 Å². The molecule has 0 aliphatic carbocycles. The molecule has 2 aliphatic rings. The Bertz CT molecular complexity index is 2150. The number of benzene rings is 2. The van der Waals surface area contributed by atoms with Gasteiger partial charge < -0.3 is 19.6 Å². The number of thiophene rings is 4. The summed E-state index contributed by atoms with van der Waals surface area (Å²) in [5, 5.41) is 5.11. The molecule has 4 nitrogen and oxygen atoms in total. The van der Waals surface area contributed by atoms with Gasteiger partial charge in [0, 0.05) is 19.5 Å². The van der Waals surface area contributed by atoms with Crippen molar-refractivity contribution in [2.75, 3.05) is 19.6 Å². The van der Waals surface area contributed by atoms with Gasteiger partial charge in [-0.3, -0.25) is 0 Å². The van der Waals surface area contributed by atoms with Gasteiger partial charge in [0.2, 0.25) is 0 Å². The maximum atomic E-state index is 2.71. The molecule has 0 unspecified atom stereocenters. The molecule has 4 aromatic heterocycles. The summed E-state index contributed by atoms with van der Waals surface area (Å²) in [4.78, 5) is 16.4. The van der Waals surface area contributed by atoms with Crippen LogP contribution in [0.25, 0.3) is 0 Å². The molecule has 0 N–H and O–H groups in total. The van der Waals surface area contributed by atoms with Gasteiger partial charge in [-0.15, -0.1) is 45.3 Å². The monoisotopic (exact) mass is 846 g/mol.